The fourth-order valence-electron chi connectivity index (χ4n) is 4.32. The van der Waals surface area contributed by atoms with Gasteiger partial charge in [0.2, 0.25) is 0 Å². The molecule has 3 aromatic rings. The number of ether oxygens (including phenoxy) is 1. The Balaban J connectivity index is 1.72. The number of anilines is 1. The Morgan fingerprint density at radius 3 is 2.66 bits per heavy atom. The third kappa shape index (κ3) is 4.02. The van der Waals surface area contributed by atoms with Crippen LogP contribution in [-0.2, 0) is 21.2 Å². The van der Waals surface area contributed by atoms with Crippen molar-refractivity contribution in [3.8, 4) is 0 Å². The lowest BCUT2D eigenvalue weighted by Gasteiger charge is -2.28. The summed E-state index contributed by atoms with van der Waals surface area (Å²) in [6.07, 6.45) is 1.19. The lowest BCUT2D eigenvalue weighted by atomic mass is 9.76. The van der Waals surface area contributed by atoms with Crippen LogP contribution in [0.1, 0.15) is 59.2 Å². The lowest BCUT2D eigenvalue weighted by molar-refractivity contribution is 0.0526. The quantitative estimate of drug-likeness (QED) is 0.548. The molecule has 168 valence electrons. The standard InChI is InChI=1S/C24H26N2O5S/c1-5-31-23(28)15-7-6-8-16(10-15)26-32(29,30)21-11-18-17(9-14(21)2)22-19(25-18)12-24(3,4)13-20(22)27/h6-11,25-26H,5,12-13H2,1-4H3. The molecule has 1 aliphatic carbocycles. The normalized spacial score (nSPS) is 15.4. The summed E-state index contributed by atoms with van der Waals surface area (Å²) in [5.74, 6) is -0.442. The van der Waals surface area contributed by atoms with E-state index in [9.17, 15) is 18.0 Å². The Morgan fingerprint density at radius 2 is 1.94 bits per heavy atom. The van der Waals surface area contributed by atoms with Crippen LogP contribution >= 0.6 is 0 Å². The minimum Gasteiger partial charge on any atom is -0.462 e. The van der Waals surface area contributed by atoms with Crippen molar-refractivity contribution in [3.05, 3.63) is 58.8 Å². The molecule has 8 heteroatoms. The SMILES string of the molecule is CCOC(=O)c1cccc(NS(=O)(=O)c2cc3[nH]c4c(c3cc2C)C(=O)CC(C)(C)C4)c1. The van der Waals surface area contributed by atoms with E-state index in [1.165, 1.54) is 6.07 Å². The van der Waals surface area contributed by atoms with Gasteiger partial charge in [-0.15, -0.1) is 0 Å². The van der Waals surface area contributed by atoms with E-state index < -0.39 is 16.0 Å². The van der Waals surface area contributed by atoms with Crippen LogP contribution in [0.5, 0.6) is 0 Å². The largest absolute Gasteiger partial charge is 0.462 e. The number of sulfonamides is 1. The zero-order valence-corrected chi connectivity index (χ0v) is 19.4. The van der Waals surface area contributed by atoms with Gasteiger partial charge in [-0.3, -0.25) is 9.52 Å². The van der Waals surface area contributed by atoms with Crippen molar-refractivity contribution < 1.29 is 22.7 Å². The molecule has 0 bridgehead atoms. The van der Waals surface area contributed by atoms with E-state index in [4.69, 9.17) is 4.74 Å². The molecule has 1 heterocycles. The van der Waals surface area contributed by atoms with Crippen LogP contribution in [0, 0.1) is 12.3 Å². The van der Waals surface area contributed by atoms with E-state index in [2.05, 4.69) is 23.6 Å². The number of fused-ring (bicyclic) bond motifs is 3. The van der Waals surface area contributed by atoms with Crippen LogP contribution in [-0.4, -0.2) is 31.8 Å². The minimum atomic E-state index is -3.94. The Bertz CT molecular complexity index is 1350. The van der Waals surface area contributed by atoms with Crippen LogP contribution in [0.15, 0.2) is 41.3 Å². The number of aryl methyl sites for hydroxylation is 1. The second-order valence-corrected chi connectivity index (χ2v) is 10.6. The Hall–Kier alpha value is -3.13. The number of nitrogens with one attached hydrogen (secondary N) is 2. The van der Waals surface area contributed by atoms with Crippen molar-refractivity contribution >= 4 is 38.4 Å². The molecule has 2 aromatic carbocycles. The third-order valence-electron chi connectivity index (χ3n) is 5.66. The summed E-state index contributed by atoms with van der Waals surface area (Å²) in [5, 5.41) is 0.751. The van der Waals surface area contributed by atoms with E-state index in [0.717, 1.165) is 17.5 Å². The van der Waals surface area contributed by atoms with Gasteiger partial charge in [0.25, 0.3) is 10.0 Å². The maximum absolute atomic E-state index is 13.2. The summed E-state index contributed by atoms with van der Waals surface area (Å²) in [6.45, 7) is 7.74. The molecule has 1 aliphatic rings. The summed E-state index contributed by atoms with van der Waals surface area (Å²) in [7, 11) is -3.94. The molecule has 0 unspecified atom stereocenters. The average molecular weight is 455 g/mol. The van der Waals surface area contributed by atoms with Gasteiger partial charge in [0, 0.05) is 34.3 Å². The van der Waals surface area contributed by atoms with Crippen molar-refractivity contribution in [2.45, 2.75) is 45.4 Å². The molecule has 0 saturated heterocycles. The van der Waals surface area contributed by atoms with Gasteiger partial charge in [-0.25, -0.2) is 13.2 Å². The molecule has 0 saturated carbocycles. The first-order valence-electron chi connectivity index (χ1n) is 10.5. The number of H-pyrrole nitrogens is 1. The number of carbonyl (C=O) groups is 2. The van der Waals surface area contributed by atoms with Crippen molar-refractivity contribution in [2.75, 3.05) is 11.3 Å². The van der Waals surface area contributed by atoms with Crippen LogP contribution in [0.4, 0.5) is 5.69 Å². The van der Waals surface area contributed by atoms with Gasteiger partial charge in [0.15, 0.2) is 5.78 Å². The molecular formula is C24H26N2O5S. The summed E-state index contributed by atoms with van der Waals surface area (Å²) in [5.41, 5.74) is 3.06. The van der Waals surface area contributed by atoms with E-state index in [0.29, 0.717) is 23.1 Å². The van der Waals surface area contributed by atoms with Gasteiger partial charge in [0.1, 0.15) is 0 Å². The monoisotopic (exact) mass is 454 g/mol. The first kappa shape index (κ1) is 22.1. The highest BCUT2D eigenvalue weighted by Crippen LogP contribution is 2.39. The molecule has 0 radical (unpaired) electrons. The van der Waals surface area contributed by atoms with E-state index >= 15 is 0 Å². The number of aromatic amines is 1. The zero-order chi connectivity index (χ0) is 23.3. The number of hydrogen-bond acceptors (Lipinski definition) is 5. The number of aromatic nitrogens is 1. The van der Waals surface area contributed by atoms with Gasteiger partial charge in [0.05, 0.1) is 17.1 Å². The second kappa shape index (κ2) is 7.78. The first-order chi connectivity index (χ1) is 15.0. The molecule has 32 heavy (non-hydrogen) atoms. The maximum Gasteiger partial charge on any atom is 0.338 e. The molecular weight excluding hydrogens is 428 g/mol. The summed E-state index contributed by atoms with van der Waals surface area (Å²) >= 11 is 0. The Kier molecular flexibility index (Phi) is 5.36. The fraction of sp³-hybridized carbons (Fsp3) is 0.333. The first-order valence-corrected chi connectivity index (χ1v) is 12.0. The molecule has 0 aliphatic heterocycles. The van der Waals surface area contributed by atoms with Gasteiger partial charge < -0.3 is 9.72 Å². The zero-order valence-electron chi connectivity index (χ0n) is 18.5. The van der Waals surface area contributed by atoms with Crippen molar-refractivity contribution in [1.29, 1.82) is 0 Å². The fourth-order valence-corrected chi connectivity index (χ4v) is 5.63. The summed E-state index contributed by atoms with van der Waals surface area (Å²) in [6, 6.07) is 9.49. The smallest absolute Gasteiger partial charge is 0.338 e. The van der Waals surface area contributed by atoms with Gasteiger partial charge in [-0.2, -0.15) is 0 Å². The van der Waals surface area contributed by atoms with Crippen LogP contribution in [0.2, 0.25) is 0 Å². The maximum atomic E-state index is 13.2. The second-order valence-electron chi connectivity index (χ2n) is 8.99. The van der Waals surface area contributed by atoms with Crippen LogP contribution in [0.25, 0.3) is 10.9 Å². The highest BCUT2D eigenvalue weighted by molar-refractivity contribution is 7.92. The minimum absolute atomic E-state index is 0.0754. The van der Waals surface area contributed by atoms with Crippen LogP contribution in [0.3, 0.4) is 0 Å². The highest BCUT2D eigenvalue weighted by atomic mass is 32.2. The van der Waals surface area contributed by atoms with Gasteiger partial charge in [-0.05, 0) is 61.6 Å². The average Bonchev–Trinajstić information content (AvgIpc) is 3.03. The van der Waals surface area contributed by atoms with Gasteiger partial charge in [-0.1, -0.05) is 19.9 Å². The number of carbonyl (C=O) groups excluding carboxylic acids is 2. The van der Waals surface area contributed by atoms with E-state index in [1.54, 1.807) is 44.2 Å². The lowest BCUT2D eigenvalue weighted by Crippen LogP contribution is -2.26. The predicted molar refractivity (Wildman–Crippen MR) is 123 cm³/mol. The predicted octanol–water partition coefficient (Wildman–Crippen LogP) is 4.61. The Labute approximate surface area is 187 Å². The Morgan fingerprint density at radius 1 is 1.19 bits per heavy atom. The highest BCUT2D eigenvalue weighted by Gasteiger charge is 2.34. The number of ketones is 1. The number of benzene rings is 2. The number of Topliss-reactive ketones (excluding diaryl/α,β-unsaturated/α-hetero) is 1. The molecule has 7 nitrogen and oxygen atoms in total. The third-order valence-corrected chi connectivity index (χ3v) is 7.18. The van der Waals surface area contributed by atoms with Crippen molar-refractivity contribution in [3.63, 3.8) is 0 Å². The van der Waals surface area contributed by atoms with Crippen LogP contribution < -0.4 is 4.72 Å². The number of hydrogen-bond donors (Lipinski definition) is 2. The van der Waals surface area contributed by atoms with Crippen molar-refractivity contribution in [2.24, 2.45) is 5.41 Å². The van der Waals surface area contributed by atoms with Crippen molar-refractivity contribution in [1.82, 2.24) is 4.98 Å². The van der Waals surface area contributed by atoms with Gasteiger partial charge >= 0.3 is 5.97 Å². The summed E-state index contributed by atoms with van der Waals surface area (Å²) < 4.78 is 33.9. The number of rotatable bonds is 5. The number of esters is 1. The molecule has 0 atom stereocenters. The molecule has 0 amide bonds. The molecule has 4 rings (SSSR count). The molecule has 0 spiro atoms. The molecule has 2 N–H and O–H groups in total. The van der Waals surface area contributed by atoms with E-state index in [-0.39, 0.29) is 34.0 Å². The van der Waals surface area contributed by atoms with E-state index in [1.807, 2.05) is 0 Å². The molecule has 0 fully saturated rings. The molecule has 1 aromatic heterocycles. The summed E-state index contributed by atoms with van der Waals surface area (Å²) in [4.78, 5) is 28.1. The topological polar surface area (TPSA) is 105 Å².